The Hall–Kier alpha value is -2.45. The van der Waals surface area contributed by atoms with Crippen LogP contribution in [0.4, 0.5) is 4.39 Å². The number of hydrogen-bond acceptors (Lipinski definition) is 4. The molecule has 0 heterocycles. The third-order valence-electron chi connectivity index (χ3n) is 3.72. The summed E-state index contributed by atoms with van der Waals surface area (Å²) in [4.78, 5) is 12.1. The predicted molar refractivity (Wildman–Crippen MR) is 95.9 cm³/mol. The van der Waals surface area contributed by atoms with E-state index < -0.39 is 22.0 Å². The van der Waals surface area contributed by atoms with Gasteiger partial charge in [0.2, 0.25) is 15.9 Å². The molecule has 140 valence electrons. The topological polar surface area (TPSA) is 84.5 Å². The van der Waals surface area contributed by atoms with E-state index in [0.717, 1.165) is 5.56 Å². The van der Waals surface area contributed by atoms with Gasteiger partial charge in [0.05, 0.1) is 18.0 Å². The Morgan fingerprint density at radius 2 is 1.73 bits per heavy atom. The van der Waals surface area contributed by atoms with Crippen LogP contribution in [-0.2, 0) is 21.2 Å². The zero-order chi connectivity index (χ0) is 19.2. The summed E-state index contributed by atoms with van der Waals surface area (Å²) in [7, 11) is -2.33. The van der Waals surface area contributed by atoms with Gasteiger partial charge in [-0.15, -0.1) is 0 Å². The summed E-state index contributed by atoms with van der Waals surface area (Å²) < 4.78 is 44.8. The average Bonchev–Trinajstić information content (AvgIpc) is 2.63. The van der Waals surface area contributed by atoms with Crippen LogP contribution in [-0.4, -0.2) is 34.0 Å². The second-order valence-electron chi connectivity index (χ2n) is 5.69. The van der Waals surface area contributed by atoms with Gasteiger partial charge in [0.15, 0.2) is 0 Å². The molecule has 0 unspecified atom stereocenters. The van der Waals surface area contributed by atoms with Crippen LogP contribution in [0.3, 0.4) is 0 Å². The van der Waals surface area contributed by atoms with Gasteiger partial charge in [-0.1, -0.05) is 12.1 Å². The van der Waals surface area contributed by atoms with Gasteiger partial charge in [-0.2, -0.15) is 4.72 Å². The molecule has 2 N–H and O–H groups in total. The number of ether oxygens (including phenoxy) is 1. The molecular formula is C18H21FN2O4S. The SMILES string of the molecule is COc1ccc(S(=O)(=O)N[C@@H](C)C(=O)NCCc2ccc(F)cc2)cc1. The van der Waals surface area contributed by atoms with Crippen molar-refractivity contribution in [2.24, 2.45) is 0 Å². The third-order valence-corrected chi connectivity index (χ3v) is 5.28. The Bertz CT molecular complexity index is 836. The molecule has 0 saturated carbocycles. The Labute approximate surface area is 152 Å². The first-order chi connectivity index (χ1) is 12.3. The van der Waals surface area contributed by atoms with Crippen LogP contribution in [0.25, 0.3) is 0 Å². The van der Waals surface area contributed by atoms with E-state index in [1.165, 1.54) is 50.4 Å². The van der Waals surface area contributed by atoms with Crippen LogP contribution in [0.5, 0.6) is 5.75 Å². The fraction of sp³-hybridized carbons (Fsp3) is 0.278. The molecule has 2 aromatic carbocycles. The first-order valence-electron chi connectivity index (χ1n) is 8.00. The number of rotatable bonds is 8. The molecule has 6 nitrogen and oxygen atoms in total. The molecule has 0 spiro atoms. The highest BCUT2D eigenvalue weighted by Crippen LogP contribution is 2.15. The minimum atomic E-state index is -3.82. The summed E-state index contributed by atoms with van der Waals surface area (Å²) in [6.07, 6.45) is 0.518. The molecule has 0 aliphatic carbocycles. The van der Waals surface area contributed by atoms with Crippen molar-refractivity contribution in [3.8, 4) is 5.75 Å². The molecule has 1 amide bonds. The minimum Gasteiger partial charge on any atom is -0.497 e. The van der Waals surface area contributed by atoms with E-state index >= 15 is 0 Å². The van der Waals surface area contributed by atoms with Gasteiger partial charge in [-0.3, -0.25) is 4.79 Å². The zero-order valence-corrected chi connectivity index (χ0v) is 15.3. The van der Waals surface area contributed by atoms with E-state index in [2.05, 4.69) is 10.0 Å². The molecular weight excluding hydrogens is 359 g/mol. The summed E-state index contributed by atoms with van der Waals surface area (Å²) in [6.45, 7) is 1.79. The fourth-order valence-electron chi connectivity index (χ4n) is 2.24. The Kier molecular flexibility index (Phi) is 6.70. The van der Waals surface area contributed by atoms with E-state index in [1.54, 1.807) is 12.1 Å². The molecule has 0 saturated heterocycles. The van der Waals surface area contributed by atoms with Crippen molar-refractivity contribution in [3.63, 3.8) is 0 Å². The lowest BCUT2D eigenvalue weighted by molar-refractivity contribution is -0.122. The Morgan fingerprint density at radius 3 is 2.31 bits per heavy atom. The molecule has 2 aromatic rings. The number of halogens is 1. The van der Waals surface area contributed by atoms with Gasteiger partial charge in [0, 0.05) is 6.54 Å². The first-order valence-corrected chi connectivity index (χ1v) is 9.48. The molecule has 0 aromatic heterocycles. The average molecular weight is 380 g/mol. The highest BCUT2D eigenvalue weighted by atomic mass is 32.2. The lowest BCUT2D eigenvalue weighted by atomic mass is 10.1. The molecule has 1 atom stereocenters. The van der Waals surface area contributed by atoms with E-state index in [1.807, 2.05) is 0 Å². The number of hydrogen-bond donors (Lipinski definition) is 2. The standard InChI is InChI=1S/C18H21FN2O4S/c1-13(18(22)20-12-11-14-3-5-15(19)6-4-14)21-26(23,24)17-9-7-16(25-2)8-10-17/h3-10,13,21H,11-12H2,1-2H3,(H,20,22)/t13-/m0/s1. The maximum atomic E-state index is 12.8. The minimum absolute atomic E-state index is 0.0456. The normalized spacial score (nSPS) is 12.4. The van der Waals surface area contributed by atoms with E-state index in [4.69, 9.17) is 4.74 Å². The van der Waals surface area contributed by atoms with Crippen LogP contribution >= 0.6 is 0 Å². The van der Waals surface area contributed by atoms with Gasteiger partial charge in [0.1, 0.15) is 11.6 Å². The first kappa shape index (κ1) is 19.9. The van der Waals surface area contributed by atoms with Crippen molar-refractivity contribution < 1.29 is 22.3 Å². The summed E-state index contributed by atoms with van der Waals surface area (Å²) >= 11 is 0. The van der Waals surface area contributed by atoms with Gasteiger partial charge < -0.3 is 10.1 Å². The highest BCUT2D eigenvalue weighted by molar-refractivity contribution is 7.89. The zero-order valence-electron chi connectivity index (χ0n) is 14.5. The number of nitrogens with one attached hydrogen (secondary N) is 2. The van der Waals surface area contributed by atoms with E-state index in [9.17, 15) is 17.6 Å². The van der Waals surface area contributed by atoms with Crippen LogP contribution in [0.2, 0.25) is 0 Å². The van der Waals surface area contributed by atoms with E-state index in [-0.39, 0.29) is 10.7 Å². The maximum Gasteiger partial charge on any atom is 0.241 e. The Morgan fingerprint density at radius 1 is 1.12 bits per heavy atom. The van der Waals surface area contributed by atoms with Gasteiger partial charge in [-0.25, -0.2) is 12.8 Å². The molecule has 0 fully saturated rings. The number of amides is 1. The highest BCUT2D eigenvalue weighted by Gasteiger charge is 2.21. The molecule has 0 aliphatic heterocycles. The largest absolute Gasteiger partial charge is 0.497 e. The predicted octanol–water partition coefficient (Wildman–Crippen LogP) is 1.86. The second kappa shape index (κ2) is 8.77. The van der Waals surface area contributed by atoms with Crippen LogP contribution < -0.4 is 14.8 Å². The van der Waals surface area contributed by atoms with Crippen LogP contribution in [0.15, 0.2) is 53.4 Å². The van der Waals surface area contributed by atoms with Crippen molar-refractivity contribution in [2.75, 3.05) is 13.7 Å². The van der Waals surface area contributed by atoms with Crippen LogP contribution in [0.1, 0.15) is 12.5 Å². The van der Waals surface area contributed by atoms with Gasteiger partial charge in [-0.05, 0) is 55.3 Å². The summed E-state index contributed by atoms with van der Waals surface area (Å²) in [5.41, 5.74) is 0.873. The number of sulfonamides is 1. The summed E-state index contributed by atoms with van der Waals surface area (Å²) in [5.74, 6) is -0.223. The summed E-state index contributed by atoms with van der Waals surface area (Å²) in [6, 6.07) is 10.9. The lowest BCUT2D eigenvalue weighted by Crippen LogP contribution is -2.45. The number of carbonyl (C=O) groups excluding carboxylic acids is 1. The number of carbonyl (C=O) groups is 1. The fourth-order valence-corrected chi connectivity index (χ4v) is 3.45. The summed E-state index contributed by atoms with van der Waals surface area (Å²) in [5, 5.41) is 2.66. The lowest BCUT2D eigenvalue weighted by Gasteiger charge is -2.14. The van der Waals surface area contributed by atoms with Crippen molar-refractivity contribution in [3.05, 3.63) is 59.9 Å². The molecule has 0 radical (unpaired) electrons. The van der Waals surface area contributed by atoms with Gasteiger partial charge in [0.25, 0.3) is 0 Å². The third kappa shape index (κ3) is 5.53. The molecule has 26 heavy (non-hydrogen) atoms. The number of benzene rings is 2. The Balaban J connectivity index is 1.87. The quantitative estimate of drug-likeness (QED) is 0.732. The van der Waals surface area contributed by atoms with Crippen molar-refractivity contribution in [1.82, 2.24) is 10.0 Å². The molecule has 0 bridgehead atoms. The molecule has 2 rings (SSSR count). The number of methoxy groups -OCH3 is 1. The smallest absolute Gasteiger partial charge is 0.241 e. The van der Waals surface area contributed by atoms with Crippen LogP contribution in [0, 0.1) is 5.82 Å². The second-order valence-corrected chi connectivity index (χ2v) is 7.40. The van der Waals surface area contributed by atoms with Crippen molar-refractivity contribution in [2.45, 2.75) is 24.3 Å². The van der Waals surface area contributed by atoms with Gasteiger partial charge >= 0.3 is 0 Å². The van der Waals surface area contributed by atoms with E-state index in [0.29, 0.717) is 18.7 Å². The van der Waals surface area contributed by atoms with Crippen molar-refractivity contribution >= 4 is 15.9 Å². The molecule has 8 heteroatoms. The monoisotopic (exact) mass is 380 g/mol. The van der Waals surface area contributed by atoms with Crippen molar-refractivity contribution in [1.29, 1.82) is 0 Å². The molecule has 0 aliphatic rings. The maximum absolute atomic E-state index is 12.8.